The van der Waals surface area contributed by atoms with Gasteiger partial charge in [0.1, 0.15) is 5.75 Å². The Kier molecular flexibility index (Phi) is 4.92. The largest absolute Gasteiger partial charge is 0.506 e. The Bertz CT molecular complexity index is 923. The maximum Gasteiger partial charge on any atom is 0.141 e. The molecule has 27 heavy (non-hydrogen) atoms. The van der Waals surface area contributed by atoms with Gasteiger partial charge in [-0.25, -0.2) is 4.98 Å². The number of nitrogens with one attached hydrogen (secondary N) is 1. The molecule has 2 aromatic heterocycles. The molecule has 0 bridgehead atoms. The zero-order valence-electron chi connectivity index (χ0n) is 15.4. The Morgan fingerprint density at radius 3 is 2.81 bits per heavy atom. The Morgan fingerprint density at radius 1 is 1.22 bits per heavy atom. The normalized spacial score (nSPS) is 17.0. The second kappa shape index (κ2) is 7.50. The predicted molar refractivity (Wildman–Crippen MR) is 102 cm³/mol. The Morgan fingerprint density at radius 2 is 2.04 bits per heavy atom. The van der Waals surface area contributed by atoms with Crippen molar-refractivity contribution < 1.29 is 10.2 Å². The molecule has 6 heteroatoms. The Hall–Kier alpha value is -2.70. The molecule has 1 aliphatic rings. The third-order valence-electron chi connectivity index (χ3n) is 5.39. The number of aryl methyl sites for hydroxylation is 1. The van der Waals surface area contributed by atoms with Crippen molar-refractivity contribution in [3.63, 3.8) is 0 Å². The second-order valence-corrected chi connectivity index (χ2v) is 7.05. The van der Waals surface area contributed by atoms with Crippen LogP contribution in [0.1, 0.15) is 39.8 Å². The van der Waals surface area contributed by atoms with Crippen LogP contribution in [0.2, 0.25) is 0 Å². The van der Waals surface area contributed by atoms with Crippen LogP contribution in [-0.4, -0.2) is 36.6 Å². The fraction of sp³-hybridized carbons (Fsp3) is 0.333. The van der Waals surface area contributed by atoms with E-state index in [4.69, 9.17) is 0 Å². The zero-order valence-corrected chi connectivity index (χ0v) is 15.4. The smallest absolute Gasteiger partial charge is 0.141 e. The molecule has 3 aromatic rings. The van der Waals surface area contributed by atoms with Crippen molar-refractivity contribution in [2.45, 2.75) is 39.0 Å². The summed E-state index contributed by atoms with van der Waals surface area (Å²) in [4.78, 5) is 14.4. The number of aliphatic hydroxyl groups excluding tert-OH is 1. The fourth-order valence-electron chi connectivity index (χ4n) is 3.86. The average molecular weight is 364 g/mol. The van der Waals surface area contributed by atoms with Crippen LogP contribution in [0.25, 0.3) is 0 Å². The molecular formula is C21H24N4O2. The number of rotatable bonds is 5. The van der Waals surface area contributed by atoms with Crippen LogP contribution < -0.4 is 0 Å². The van der Waals surface area contributed by atoms with E-state index in [0.29, 0.717) is 17.8 Å². The first kappa shape index (κ1) is 17.7. The lowest BCUT2D eigenvalue weighted by Gasteiger charge is -2.35. The molecule has 1 aromatic carbocycles. The highest BCUT2D eigenvalue weighted by Crippen LogP contribution is 2.34. The lowest BCUT2D eigenvalue weighted by Crippen LogP contribution is -2.36. The molecule has 6 nitrogen and oxygen atoms in total. The summed E-state index contributed by atoms with van der Waals surface area (Å²) < 4.78 is 0. The molecule has 0 spiro atoms. The van der Waals surface area contributed by atoms with E-state index in [1.54, 1.807) is 19.4 Å². The first-order valence-corrected chi connectivity index (χ1v) is 9.24. The topological polar surface area (TPSA) is 85.3 Å². The van der Waals surface area contributed by atoms with Crippen LogP contribution in [0.3, 0.4) is 0 Å². The van der Waals surface area contributed by atoms with Crippen LogP contribution in [-0.2, 0) is 26.0 Å². The van der Waals surface area contributed by atoms with Gasteiger partial charge in [-0.2, -0.15) is 0 Å². The van der Waals surface area contributed by atoms with E-state index in [9.17, 15) is 10.2 Å². The molecule has 3 N–H and O–H groups in total. The van der Waals surface area contributed by atoms with Crippen molar-refractivity contribution in [3.05, 3.63) is 76.6 Å². The molecule has 140 valence electrons. The SMILES string of the molecule is Cc1ncc(CO)c(CN2CCc3[nH]cnc3[C@@H]2Cc2ccccc2)c1O. The lowest BCUT2D eigenvalue weighted by molar-refractivity contribution is 0.166. The van der Waals surface area contributed by atoms with Crippen LogP contribution in [0, 0.1) is 6.92 Å². The summed E-state index contributed by atoms with van der Waals surface area (Å²) in [6.45, 7) is 3.05. The Labute approximate surface area is 158 Å². The standard InChI is InChI=1S/C21H24N4O2/c1-14-21(27)17(16(12-26)10-22-14)11-25-8-7-18-20(24-13-23-18)19(25)9-15-5-3-2-4-6-15/h2-6,10,13,19,26-27H,7-9,11-12H2,1H3,(H,23,24)/t19-/m0/s1. The molecule has 0 saturated carbocycles. The summed E-state index contributed by atoms with van der Waals surface area (Å²) in [5, 5.41) is 20.3. The highest BCUT2D eigenvalue weighted by atomic mass is 16.3. The van der Waals surface area contributed by atoms with Gasteiger partial charge >= 0.3 is 0 Å². The molecule has 0 radical (unpaired) electrons. The summed E-state index contributed by atoms with van der Waals surface area (Å²) in [7, 11) is 0. The number of nitrogens with zero attached hydrogens (tertiary/aromatic N) is 3. The molecule has 1 aliphatic heterocycles. The first-order valence-electron chi connectivity index (χ1n) is 9.24. The number of hydrogen-bond acceptors (Lipinski definition) is 5. The minimum absolute atomic E-state index is 0.113. The highest BCUT2D eigenvalue weighted by Gasteiger charge is 2.31. The number of aromatic hydroxyl groups is 1. The summed E-state index contributed by atoms with van der Waals surface area (Å²) >= 11 is 0. The van der Waals surface area contributed by atoms with Crippen molar-refractivity contribution in [1.29, 1.82) is 0 Å². The third kappa shape index (κ3) is 3.46. The number of hydrogen-bond donors (Lipinski definition) is 3. The van der Waals surface area contributed by atoms with Gasteiger partial charge < -0.3 is 15.2 Å². The fourth-order valence-corrected chi connectivity index (χ4v) is 3.86. The van der Waals surface area contributed by atoms with Crippen molar-refractivity contribution in [1.82, 2.24) is 19.9 Å². The quantitative estimate of drug-likeness (QED) is 0.648. The van der Waals surface area contributed by atoms with E-state index in [0.717, 1.165) is 30.6 Å². The molecule has 0 fully saturated rings. The van der Waals surface area contributed by atoms with Crippen molar-refractivity contribution >= 4 is 0 Å². The van der Waals surface area contributed by atoms with Gasteiger partial charge in [0.2, 0.25) is 0 Å². The van der Waals surface area contributed by atoms with E-state index in [-0.39, 0.29) is 18.4 Å². The minimum Gasteiger partial charge on any atom is -0.506 e. The molecule has 0 amide bonds. The number of aromatic nitrogens is 3. The zero-order chi connectivity index (χ0) is 18.8. The van der Waals surface area contributed by atoms with Gasteiger partial charge in [-0.05, 0) is 18.9 Å². The molecule has 0 unspecified atom stereocenters. The van der Waals surface area contributed by atoms with Gasteiger partial charge in [-0.1, -0.05) is 30.3 Å². The number of benzene rings is 1. The summed E-state index contributed by atoms with van der Waals surface area (Å²) in [6.07, 6.45) is 5.15. The third-order valence-corrected chi connectivity index (χ3v) is 5.39. The molecule has 1 atom stereocenters. The molecule has 0 saturated heterocycles. The first-order chi connectivity index (χ1) is 13.2. The van der Waals surface area contributed by atoms with E-state index >= 15 is 0 Å². The highest BCUT2D eigenvalue weighted by molar-refractivity contribution is 5.41. The maximum atomic E-state index is 10.5. The van der Waals surface area contributed by atoms with Gasteiger partial charge in [-0.3, -0.25) is 9.88 Å². The van der Waals surface area contributed by atoms with Crippen LogP contribution in [0.5, 0.6) is 5.75 Å². The van der Waals surface area contributed by atoms with Gasteiger partial charge in [-0.15, -0.1) is 0 Å². The van der Waals surface area contributed by atoms with E-state index in [2.05, 4.69) is 44.1 Å². The Balaban J connectivity index is 1.68. The molecular weight excluding hydrogens is 340 g/mol. The van der Waals surface area contributed by atoms with E-state index < -0.39 is 0 Å². The number of fused-ring (bicyclic) bond motifs is 1. The number of aromatic amines is 1. The van der Waals surface area contributed by atoms with Crippen LogP contribution in [0.15, 0.2) is 42.9 Å². The van der Waals surface area contributed by atoms with E-state index in [1.165, 1.54) is 11.3 Å². The van der Waals surface area contributed by atoms with Crippen molar-refractivity contribution in [2.75, 3.05) is 6.54 Å². The van der Waals surface area contributed by atoms with Gasteiger partial charge in [0.25, 0.3) is 0 Å². The number of H-pyrrole nitrogens is 1. The molecule has 0 aliphatic carbocycles. The van der Waals surface area contributed by atoms with E-state index in [1.807, 2.05) is 6.07 Å². The molecule has 4 rings (SSSR count). The number of pyridine rings is 1. The van der Waals surface area contributed by atoms with Crippen molar-refractivity contribution in [2.24, 2.45) is 0 Å². The van der Waals surface area contributed by atoms with Crippen LogP contribution >= 0.6 is 0 Å². The van der Waals surface area contributed by atoms with Gasteiger partial charge in [0.15, 0.2) is 0 Å². The van der Waals surface area contributed by atoms with Crippen LogP contribution in [0.4, 0.5) is 0 Å². The number of imidazole rings is 1. The maximum absolute atomic E-state index is 10.5. The summed E-state index contributed by atoms with van der Waals surface area (Å²) in [6, 6.07) is 10.5. The van der Waals surface area contributed by atoms with Gasteiger partial charge in [0, 0.05) is 42.5 Å². The lowest BCUT2D eigenvalue weighted by atomic mass is 9.95. The number of aliphatic hydroxyl groups is 1. The monoisotopic (exact) mass is 364 g/mol. The summed E-state index contributed by atoms with van der Waals surface area (Å²) in [5.41, 5.74) is 5.51. The molecule has 3 heterocycles. The average Bonchev–Trinajstić information content (AvgIpc) is 3.17. The summed E-state index contributed by atoms with van der Waals surface area (Å²) in [5.74, 6) is 0.174. The minimum atomic E-state index is -0.138. The second-order valence-electron chi connectivity index (χ2n) is 7.05. The predicted octanol–water partition coefficient (Wildman–Crippen LogP) is 2.65. The van der Waals surface area contributed by atoms with Gasteiger partial charge in [0.05, 0.1) is 30.4 Å². The van der Waals surface area contributed by atoms with Crippen molar-refractivity contribution in [3.8, 4) is 5.75 Å².